The van der Waals surface area contributed by atoms with Crippen LogP contribution in [0, 0.1) is 13.8 Å². The molecule has 8 rings (SSSR count). The molecule has 0 fully saturated rings. The van der Waals surface area contributed by atoms with Crippen LogP contribution in [0.25, 0.3) is 32.2 Å². The van der Waals surface area contributed by atoms with Crippen LogP contribution < -0.4 is 0 Å². The zero-order valence-corrected chi connectivity index (χ0v) is 37.3. The molecule has 2 aliphatic carbocycles. The minimum absolute atomic E-state index is 0. The van der Waals surface area contributed by atoms with Gasteiger partial charge in [0.15, 0.2) is 0 Å². The molecule has 51 heavy (non-hydrogen) atoms. The summed E-state index contributed by atoms with van der Waals surface area (Å²) in [5, 5.41) is 14.7. The Hall–Kier alpha value is -2.24. The maximum absolute atomic E-state index is 4.48. The van der Waals surface area contributed by atoms with Crippen LogP contribution in [-0.4, -0.2) is 22.6 Å². The molecule has 0 aromatic heterocycles. The average Bonchev–Trinajstić information content (AvgIpc) is 3.71. The molecule has 2 radical (unpaired) electrons. The molecule has 0 saturated carbocycles. The third-order valence-corrected chi connectivity index (χ3v) is 10.7. The summed E-state index contributed by atoms with van der Waals surface area (Å²) in [5.41, 5.74) is 11.2. The Morgan fingerprint density at radius 3 is 1.29 bits per heavy atom. The van der Waals surface area contributed by atoms with Gasteiger partial charge in [-0.25, -0.2) is 0 Å². The number of hydrogen-bond donors (Lipinski definition) is 0. The number of aryl methyl sites for hydroxylation is 4. The summed E-state index contributed by atoms with van der Waals surface area (Å²) in [7, 11) is 1.08. The molecule has 0 spiro atoms. The fourth-order valence-electron chi connectivity index (χ4n) is 7.05. The van der Waals surface area contributed by atoms with Gasteiger partial charge in [-0.1, -0.05) is 137 Å². The zero-order chi connectivity index (χ0) is 35.3. The van der Waals surface area contributed by atoms with E-state index in [2.05, 4.69) is 106 Å². The van der Waals surface area contributed by atoms with Crippen LogP contribution in [0.5, 0.6) is 0 Å². The van der Waals surface area contributed by atoms with Gasteiger partial charge in [0.05, 0.1) is 0 Å². The largest absolute Gasteiger partial charge is 4.00 e. The zero-order valence-electron chi connectivity index (χ0n) is 30.7. The van der Waals surface area contributed by atoms with Crippen molar-refractivity contribution in [3.05, 3.63) is 150 Å². The average molecular weight is 898 g/mol. The third kappa shape index (κ3) is 11.9. The fraction of sp³-hybridized carbons (Fsp3) is 0.333. The van der Waals surface area contributed by atoms with E-state index in [0.29, 0.717) is 0 Å². The van der Waals surface area contributed by atoms with Crippen molar-refractivity contribution in [2.24, 2.45) is 0 Å². The summed E-state index contributed by atoms with van der Waals surface area (Å²) in [5.74, 6) is 0. The molecule has 0 heterocycles. The van der Waals surface area contributed by atoms with E-state index in [9.17, 15) is 0 Å². The minimum Gasteiger partial charge on any atom is -0.684 e. The molecule has 0 amide bonds. The number of benzene rings is 4. The normalized spacial score (nSPS) is 12.8. The molecule has 2 aliphatic rings. The van der Waals surface area contributed by atoms with Gasteiger partial charge in [-0.05, 0) is 71.4 Å². The fourth-order valence-corrected chi connectivity index (χ4v) is 8.41. The summed E-state index contributed by atoms with van der Waals surface area (Å²) >= 11 is 7.42. The summed E-state index contributed by atoms with van der Waals surface area (Å²) in [6.45, 7) is 10.3. The van der Waals surface area contributed by atoms with Gasteiger partial charge in [-0.3, -0.25) is 0 Å². The Morgan fingerprint density at radius 1 is 0.569 bits per heavy atom. The Bertz CT molecular complexity index is 1790. The molecule has 6 aromatic rings. The van der Waals surface area contributed by atoms with Crippen molar-refractivity contribution in [3.63, 3.8) is 0 Å². The standard InChI is InChI=1S/C15H16N2.2C14H14Br.C2H6Si.Zr/c1-3-8-14(9-4-1)16-12-7-13-17-15-10-5-2-6-11-15;2*1-9-6-10-8-14(15)12-5-3-2-4-11(12)13(10)7-9;1-3-2;/h1-6,8-11H,7,12-13H2;2*6-8H,2-5H2,1H3;1-2H3;/q-2;2*-1;;+4. The number of para-hydroxylation sites is 2. The SMILES string of the molecule is C[Si]C.Cc1cc2c3c(c(Br)cc2[cH-]1)CCCC3.Cc1cc2c3c(c(Br)cc2[cH-]1)CCCC3.[Zr+4].c1ccc([N-]CCC[N-]c2ccccc2)cc1. The predicted octanol–water partition coefficient (Wildman–Crippen LogP) is 14.6. The van der Waals surface area contributed by atoms with Gasteiger partial charge in [-0.15, -0.1) is 81.4 Å². The first kappa shape index (κ1) is 41.5. The molecule has 0 N–H and O–H groups in total. The Labute approximate surface area is 345 Å². The molecule has 0 saturated heterocycles. The number of halogens is 2. The van der Waals surface area contributed by atoms with Crippen molar-refractivity contribution in [3.8, 4) is 0 Å². The smallest absolute Gasteiger partial charge is 0.684 e. The third-order valence-electron chi connectivity index (χ3n) is 9.28. The Balaban J connectivity index is 0.000000164. The molecular formula is C45H50Br2N2SiZr. The van der Waals surface area contributed by atoms with Gasteiger partial charge < -0.3 is 10.6 Å². The Morgan fingerprint density at radius 2 is 0.922 bits per heavy atom. The van der Waals surface area contributed by atoms with Crippen LogP contribution in [0.4, 0.5) is 11.4 Å². The van der Waals surface area contributed by atoms with E-state index in [0.717, 1.165) is 40.4 Å². The monoisotopic (exact) mass is 894 g/mol. The van der Waals surface area contributed by atoms with E-state index >= 15 is 0 Å². The molecule has 0 bridgehead atoms. The van der Waals surface area contributed by atoms with Gasteiger partial charge in [0.2, 0.25) is 0 Å². The van der Waals surface area contributed by atoms with Crippen LogP contribution >= 0.6 is 31.9 Å². The molecule has 0 atom stereocenters. The van der Waals surface area contributed by atoms with Gasteiger partial charge in [0.1, 0.15) is 0 Å². The molecule has 2 nitrogen and oxygen atoms in total. The number of nitrogens with zero attached hydrogens (tertiary/aromatic N) is 2. The van der Waals surface area contributed by atoms with E-state index < -0.39 is 0 Å². The second kappa shape index (κ2) is 21.5. The molecule has 0 aliphatic heterocycles. The van der Waals surface area contributed by atoms with Crippen LogP contribution in [0.2, 0.25) is 13.1 Å². The van der Waals surface area contributed by atoms with Gasteiger partial charge in [-0.2, -0.15) is 12.1 Å². The van der Waals surface area contributed by atoms with Crippen molar-refractivity contribution in [1.82, 2.24) is 0 Å². The van der Waals surface area contributed by atoms with Gasteiger partial charge in [0, 0.05) is 9.52 Å². The summed E-state index contributed by atoms with van der Waals surface area (Å²) in [4.78, 5) is 0. The quantitative estimate of drug-likeness (QED) is 0.0905. The van der Waals surface area contributed by atoms with E-state index in [1.807, 2.05) is 60.7 Å². The first-order chi connectivity index (χ1) is 24.4. The number of rotatable bonds is 6. The maximum atomic E-state index is 4.48. The first-order valence-electron chi connectivity index (χ1n) is 18.2. The minimum atomic E-state index is 0. The second-order valence-electron chi connectivity index (χ2n) is 13.4. The van der Waals surface area contributed by atoms with E-state index in [4.69, 9.17) is 0 Å². The maximum Gasteiger partial charge on any atom is 4.00 e. The molecule has 6 aromatic carbocycles. The molecule has 6 heteroatoms. The van der Waals surface area contributed by atoms with Crippen molar-refractivity contribution in [2.45, 2.75) is 84.7 Å². The first-order valence-corrected chi connectivity index (χ1v) is 21.7. The topological polar surface area (TPSA) is 28.2 Å². The van der Waals surface area contributed by atoms with Crippen molar-refractivity contribution < 1.29 is 26.2 Å². The van der Waals surface area contributed by atoms with Crippen molar-refractivity contribution >= 4 is 74.3 Å². The van der Waals surface area contributed by atoms with Crippen LogP contribution in [-0.2, 0) is 51.9 Å². The van der Waals surface area contributed by atoms with Gasteiger partial charge >= 0.3 is 26.2 Å². The van der Waals surface area contributed by atoms with E-state index in [1.54, 1.807) is 22.3 Å². The second-order valence-corrected chi connectivity index (χ2v) is 16.1. The molecule has 0 unspecified atom stereocenters. The van der Waals surface area contributed by atoms with Crippen LogP contribution in [0.1, 0.15) is 65.5 Å². The summed E-state index contributed by atoms with van der Waals surface area (Å²) in [6.07, 6.45) is 11.4. The van der Waals surface area contributed by atoms with E-state index in [-0.39, 0.29) is 26.2 Å². The van der Waals surface area contributed by atoms with Crippen LogP contribution in [0.15, 0.2) is 106 Å². The number of fused-ring (bicyclic) bond motifs is 6. The van der Waals surface area contributed by atoms with Crippen molar-refractivity contribution in [1.29, 1.82) is 0 Å². The number of hydrogen-bond acceptors (Lipinski definition) is 0. The van der Waals surface area contributed by atoms with E-state index in [1.165, 1.54) is 93.0 Å². The molecule has 262 valence electrons. The predicted molar refractivity (Wildman–Crippen MR) is 228 cm³/mol. The Kier molecular flexibility index (Phi) is 17.5. The van der Waals surface area contributed by atoms with Gasteiger partial charge in [0.25, 0.3) is 0 Å². The summed E-state index contributed by atoms with van der Waals surface area (Å²) < 4.78 is 2.63. The van der Waals surface area contributed by atoms with Crippen LogP contribution in [0.3, 0.4) is 0 Å². The molecular weight excluding hydrogens is 848 g/mol. The summed E-state index contributed by atoms with van der Waals surface area (Å²) in [6, 6.07) is 33.9. The van der Waals surface area contributed by atoms with Crippen molar-refractivity contribution in [2.75, 3.05) is 13.1 Å².